The van der Waals surface area contributed by atoms with Gasteiger partial charge in [-0.3, -0.25) is 4.79 Å². The fraction of sp³-hybridized carbons (Fsp3) is 0.409. The van der Waals surface area contributed by atoms with Crippen LogP contribution in [0.5, 0.6) is 5.75 Å². The van der Waals surface area contributed by atoms with Gasteiger partial charge in [0.05, 0.1) is 10.9 Å². The van der Waals surface area contributed by atoms with Crippen LogP contribution in [0.2, 0.25) is 0 Å². The zero-order chi connectivity index (χ0) is 20.9. The van der Waals surface area contributed by atoms with Crippen LogP contribution in [0, 0.1) is 0 Å². The van der Waals surface area contributed by atoms with Crippen molar-refractivity contribution in [3.05, 3.63) is 59.7 Å². The van der Waals surface area contributed by atoms with Crippen LogP contribution in [0.25, 0.3) is 0 Å². The molecule has 0 heterocycles. The van der Waals surface area contributed by atoms with Gasteiger partial charge >= 0.3 is 0 Å². The van der Waals surface area contributed by atoms with E-state index in [4.69, 9.17) is 4.74 Å². The van der Waals surface area contributed by atoms with Crippen molar-refractivity contribution in [2.24, 2.45) is 0 Å². The lowest BCUT2D eigenvalue weighted by Crippen LogP contribution is -2.32. The third kappa shape index (κ3) is 6.09. The fourth-order valence-electron chi connectivity index (χ4n) is 2.80. The summed E-state index contributed by atoms with van der Waals surface area (Å²) in [5.41, 5.74) is 2.13. The summed E-state index contributed by atoms with van der Waals surface area (Å²) in [5, 5.41) is 2.93. The number of carbonyl (C=O) groups excluding carboxylic acids is 1. The Morgan fingerprint density at radius 1 is 1.04 bits per heavy atom. The van der Waals surface area contributed by atoms with Crippen molar-refractivity contribution in [2.45, 2.75) is 50.5 Å². The van der Waals surface area contributed by atoms with E-state index in [9.17, 15) is 13.2 Å². The topological polar surface area (TPSA) is 72.5 Å². The number of rotatable bonds is 7. The second kappa shape index (κ2) is 8.78. The number of amides is 1. The molecule has 0 spiro atoms. The lowest BCUT2D eigenvalue weighted by molar-refractivity contribution is -0.123. The summed E-state index contributed by atoms with van der Waals surface area (Å²) in [4.78, 5) is 12.5. The van der Waals surface area contributed by atoms with Gasteiger partial charge in [-0.1, -0.05) is 52.0 Å². The fourth-order valence-corrected chi connectivity index (χ4v) is 3.43. The van der Waals surface area contributed by atoms with Crippen molar-refractivity contribution < 1.29 is 17.9 Å². The van der Waals surface area contributed by atoms with Gasteiger partial charge in [0.25, 0.3) is 5.91 Å². The van der Waals surface area contributed by atoms with Crippen molar-refractivity contribution in [2.75, 3.05) is 12.9 Å². The molecule has 5 nitrogen and oxygen atoms in total. The lowest BCUT2D eigenvalue weighted by atomic mass is 9.87. The highest BCUT2D eigenvalue weighted by Gasteiger charge is 2.16. The SMILES string of the molecule is CC[C@H](NC(=O)COc1ccc(C(C)(C)C)cc1)c1ccc(S(C)(=O)=O)cc1. The molecule has 0 unspecified atom stereocenters. The Kier molecular flexibility index (Phi) is 6.88. The number of sulfone groups is 1. The highest BCUT2D eigenvalue weighted by atomic mass is 32.2. The lowest BCUT2D eigenvalue weighted by Gasteiger charge is -2.20. The van der Waals surface area contributed by atoms with Gasteiger partial charge in [-0.05, 0) is 47.2 Å². The largest absolute Gasteiger partial charge is 0.484 e. The van der Waals surface area contributed by atoms with Crippen LogP contribution in [-0.4, -0.2) is 27.2 Å². The first kappa shape index (κ1) is 22.0. The number of ether oxygens (including phenoxy) is 1. The average Bonchev–Trinajstić information content (AvgIpc) is 2.63. The molecule has 0 saturated heterocycles. The summed E-state index contributed by atoms with van der Waals surface area (Å²) in [6, 6.07) is 14.1. The standard InChI is InChI=1S/C22H29NO4S/c1-6-20(16-7-13-19(14-8-16)28(5,25)26)23-21(24)15-27-18-11-9-17(10-12-18)22(2,3)4/h7-14,20H,6,15H2,1-5H3,(H,23,24)/t20-/m0/s1. The Labute approximate surface area is 168 Å². The van der Waals surface area contributed by atoms with E-state index >= 15 is 0 Å². The molecule has 1 amide bonds. The van der Waals surface area contributed by atoms with E-state index in [2.05, 4.69) is 26.1 Å². The maximum atomic E-state index is 12.3. The van der Waals surface area contributed by atoms with Crippen LogP contribution < -0.4 is 10.1 Å². The van der Waals surface area contributed by atoms with Gasteiger partial charge in [-0.15, -0.1) is 0 Å². The van der Waals surface area contributed by atoms with Gasteiger partial charge < -0.3 is 10.1 Å². The van der Waals surface area contributed by atoms with E-state index in [1.165, 1.54) is 11.8 Å². The Hall–Kier alpha value is -2.34. The molecule has 0 saturated carbocycles. The van der Waals surface area contributed by atoms with E-state index in [-0.39, 0.29) is 28.9 Å². The van der Waals surface area contributed by atoms with Gasteiger partial charge in [0.2, 0.25) is 0 Å². The number of nitrogens with one attached hydrogen (secondary N) is 1. The first-order valence-electron chi connectivity index (χ1n) is 9.33. The van der Waals surface area contributed by atoms with Crippen LogP contribution >= 0.6 is 0 Å². The first-order valence-corrected chi connectivity index (χ1v) is 11.2. The van der Waals surface area contributed by atoms with Crippen LogP contribution in [0.15, 0.2) is 53.4 Å². The molecule has 0 aromatic heterocycles. The Morgan fingerprint density at radius 2 is 1.61 bits per heavy atom. The number of benzene rings is 2. The van der Waals surface area contributed by atoms with Gasteiger partial charge in [0.1, 0.15) is 5.75 Å². The molecule has 2 aromatic carbocycles. The highest BCUT2D eigenvalue weighted by Crippen LogP contribution is 2.24. The summed E-state index contributed by atoms with van der Waals surface area (Å²) < 4.78 is 28.7. The molecule has 0 fully saturated rings. The monoisotopic (exact) mass is 403 g/mol. The summed E-state index contributed by atoms with van der Waals surface area (Å²) in [6.07, 6.45) is 1.86. The molecule has 1 atom stereocenters. The van der Waals surface area contributed by atoms with Crippen molar-refractivity contribution in [3.63, 3.8) is 0 Å². The zero-order valence-corrected chi connectivity index (χ0v) is 18.0. The predicted octanol–water partition coefficient (Wildman–Crippen LogP) is 4.03. The van der Waals surface area contributed by atoms with Crippen LogP contribution in [0.4, 0.5) is 0 Å². The summed E-state index contributed by atoms with van der Waals surface area (Å²) in [6.45, 7) is 8.31. The molecule has 1 N–H and O–H groups in total. The highest BCUT2D eigenvalue weighted by molar-refractivity contribution is 7.90. The van der Waals surface area contributed by atoms with Crippen molar-refractivity contribution >= 4 is 15.7 Å². The predicted molar refractivity (Wildman–Crippen MR) is 111 cm³/mol. The maximum Gasteiger partial charge on any atom is 0.258 e. The molecular weight excluding hydrogens is 374 g/mol. The van der Waals surface area contributed by atoms with Gasteiger partial charge in [0, 0.05) is 6.26 Å². The van der Waals surface area contributed by atoms with Crippen molar-refractivity contribution in [1.82, 2.24) is 5.32 Å². The molecule has 0 bridgehead atoms. The third-order valence-corrected chi connectivity index (χ3v) is 5.67. The van der Waals surface area contributed by atoms with Gasteiger partial charge in [-0.2, -0.15) is 0 Å². The Bertz CT molecular complexity index is 895. The molecule has 28 heavy (non-hydrogen) atoms. The molecule has 0 aliphatic carbocycles. The number of hydrogen-bond acceptors (Lipinski definition) is 4. The molecular formula is C22H29NO4S. The Balaban J connectivity index is 1.95. The third-order valence-electron chi connectivity index (χ3n) is 4.54. The summed E-state index contributed by atoms with van der Waals surface area (Å²) in [5.74, 6) is 0.424. The van der Waals surface area contributed by atoms with E-state index in [0.29, 0.717) is 12.2 Å². The van der Waals surface area contributed by atoms with Crippen LogP contribution in [0.3, 0.4) is 0 Å². The summed E-state index contributed by atoms with van der Waals surface area (Å²) >= 11 is 0. The molecule has 0 radical (unpaired) electrons. The minimum Gasteiger partial charge on any atom is -0.484 e. The molecule has 0 aliphatic rings. The quantitative estimate of drug-likeness (QED) is 0.757. The molecule has 2 aromatic rings. The first-order chi connectivity index (χ1) is 13.0. The normalized spacial score (nSPS) is 13.0. The minimum atomic E-state index is -3.23. The second-order valence-electron chi connectivity index (χ2n) is 7.93. The van der Waals surface area contributed by atoms with Gasteiger partial charge in [0.15, 0.2) is 16.4 Å². The average molecular weight is 404 g/mol. The summed E-state index contributed by atoms with van der Waals surface area (Å²) in [7, 11) is -3.23. The van der Waals surface area contributed by atoms with Crippen LogP contribution in [0.1, 0.15) is 51.3 Å². The number of carbonyl (C=O) groups is 1. The molecule has 6 heteroatoms. The van der Waals surface area contributed by atoms with E-state index < -0.39 is 9.84 Å². The van der Waals surface area contributed by atoms with E-state index in [1.807, 2.05) is 31.2 Å². The van der Waals surface area contributed by atoms with Gasteiger partial charge in [-0.25, -0.2) is 8.42 Å². The maximum absolute atomic E-state index is 12.3. The minimum absolute atomic E-state index is 0.0664. The van der Waals surface area contributed by atoms with Crippen molar-refractivity contribution in [1.29, 1.82) is 0 Å². The second-order valence-corrected chi connectivity index (χ2v) is 9.95. The molecule has 2 rings (SSSR count). The smallest absolute Gasteiger partial charge is 0.258 e. The Morgan fingerprint density at radius 3 is 2.07 bits per heavy atom. The molecule has 0 aliphatic heterocycles. The van der Waals surface area contributed by atoms with E-state index in [0.717, 1.165) is 5.56 Å². The van der Waals surface area contributed by atoms with Crippen LogP contribution in [-0.2, 0) is 20.0 Å². The molecule has 152 valence electrons. The van der Waals surface area contributed by atoms with Crippen molar-refractivity contribution in [3.8, 4) is 5.75 Å². The number of hydrogen-bond donors (Lipinski definition) is 1. The zero-order valence-electron chi connectivity index (χ0n) is 17.2. The van der Waals surface area contributed by atoms with E-state index in [1.54, 1.807) is 24.3 Å².